The Morgan fingerprint density at radius 3 is 2.73 bits per heavy atom. The number of aromatic nitrogens is 2. The van der Waals surface area contributed by atoms with Gasteiger partial charge in [0.1, 0.15) is 5.01 Å². The minimum Gasteiger partial charge on any atom is -0.305 e. The van der Waals surface area contributed by atoms with Crippen molar-refractivity contribution >= 4 is 22.4 Å². The third-order valence-electron chi connectivity index (χ3n) is 3.89. The molecule has 2 rings (SSSR count). The molecule has 6 nitrogen and oxygen atoms in total. The number of likely N-dealkylation sites (N-methyl/N-ethyl adjacent to an activating group) is 1. The van der Waals surface area contributed by atoms with Gasteiger partial charge in [0, 0.05) is 18.0 Å². The minimum atomic E-state index is -0.0353. The Bertz CT molecular complexity index is 508. The number of nitrogens with one attached hydrogen (secondary N) is 1. The van der Waals surface area contributed by atoms with Gasteiger partial charge in [-0.25, -0.2) is 0 Å². The highest BCUT2D eigenvalue weighted by Crippen LogP contribution is 2.27. The molecular weight excluding hydrogens is 298 g/mol. The molecule has 22 heavy (non-hydrogen) atoms. The van der Waals surface area contributed by atoms with Crippen molar-refractivity contribution in [2.45, 2.75) is 45.1 Å². The van der Waals surface area contributed by atoms with Crippen LogP contribution in [0, 0.1) is 0 Å². The molecule has 1 amide bonds. The van der Waals surface area contributed by atoms with E-state index in [0.29, 0.717) is 17.7 Å². The largest absolute Gasteiger partial charge is 0.305 e. The minimum absolute atomic E-state index is 0.00369. The molecule has 124 valence electrons. The molecule has 0 saturated carbocycles. The van der Waals surface area contributed by atoms with Crippen LogP contribution in [0.2, 0.25) is 0 Å². The van der Waals surface area contributed by atoms with Crippen LogP contribution in [0.1, 0.15) is 38.6 Å². The van der Waals surface area contributed by atoms with E-state index in [1.807, 2.05) is 0 Å². The third-order valence-corrected chi connectivity index (χ3v) is 5.16. The van der Waals surface area contributed by atoms with Gasteiger partial charge in [-0.2, -0.15) is 0 Å². The normalized spacial score (nSPS) is 20.4. The first-order chi connectivity index (χ1) is 10.3. The summed E-state index contributed by atoms with van der Waals surface area (Å²) in [5.74, 6) is -0.00369. The van der Waals surface area contributed by atoms with Crippen molar-refractivity contribution in [1.29, 1.82) is 0 Å². The Labute approximate surface area is 136 Å². The summed E-state index contributed by atoms with van der Waals surface area (Å²) >= 11 is 1.45. The van der Waals surface area contributed by atoms with Crippen LogP contribution in [0.4, 0.5) is 5.13 Å². The predicted octanol–water partition coefficient (Wildman–Crippen LogP) is 1.80. The second kappa shape index (κ2) is 7.02. The molecule has 0 aliphatic carbocycles. The van der Waals surface area contributed by atoms with Crippen LogP contribution in [0.5, 0.6) is 0 Å². The number of hydrogen-bond donors (Lipinski definition) is 1. The smallest absolute Gasteiger partial charge is 0.240 e. The number of nitrogens with zero attached hydrogens (tertiary/aromatic N) is 4. The van der Waals surface area contributed by atoms with Crippen LogP contribution < -0.4 is 5.32 Å². The highest BCUT2D eigenvalue weighted by atomic mass is 32.1. The Morgan fingerprint density at radius 1 is 1.41 bits per heavy atom. The first-order valence-electron chi connectivity index (χ1n) is 7.78. The Morgan fingerprint density at radius 2 is 2.14 bits per heavy atom. The first-order valence-corrected chi connectivity index (χ1v) is 8.60. The molecule has 0 bridgehead atoms. The number of carbonyl (C=O) groups excluding carboxylic acids is 1. The van der Waals surface area contributed by atoms with Crippen LogP contribution in [0.15, 0.2) is 0 Å². The lowest BCUT2D eigenvalue weighted by atomic mass is 9.98. The standard InChI is InChI=1S/C15H27N5OS/c1-15(2,3)13-17-18-14(22-13)16-12(21)10-20-8-6-7-11(9-20)19(4)5/h11H,6-10H2,1-5H3,(H,16,18,21). The van der Waals surface area contributed by atoms with E-state index in [1.165, 1.54) is 17.8 Å². The highest BCUT2D eigenvalue weighted by Gasteiger charge is 2.24. The monoisotopic (exact) mass is 325 g/mol. The average Bonchev–Trinajstić information content (AvgIpc) is 2.87. The molecule has 1 aromatic heterocycles. The zero-order chi connectivity index (χ0) is 16.3. The number of piperidine rings is 1. The van der Waals surface area contributed by atoms with Crippen LogP contribution in [-0.2, 0) is 10.2 Å². The van der Waals surface area contributed by atoms with Crippen molar-refractivity contribution in [3.8, 4) is 0 Å². The van der Waals surface area contributed by atoms with Gasteiger partial charge in [-0.1, -0.05) is 32.1 Å². The summed E-state index contributed by atoms with van der Waals surface area (Å²) < 4.78 is 0. The summed E-state index contributed by atoms with van der Waals surface area (Å²) in [7, 11) is 4.20. The number of likely N-dealkylation sites (tertiary alicyclic amines) is 1. The maximum absolute atomic E-state index is 12.2. The molecule has 1 saturated heterocycles. The summed E-state index contributed by atoms with van der Waals surface area (Å²) in [4.78, 5) is 16.6. The predicted molar refractivity (Wildman–Crippen MR) is 90.4 cm³/mol. The number of hydrogen-bond acceptors (Lipinski definition) is 6. The molecule has 1 aliphatic heterocycles. The van der Waals surface area contributed by atoms with Gasteiger partial charge < -0.3 is 4.90 Å². The summed E-state index contributed by atoms with van der Waals surface area (Å²) in [5.41, 5.74) is -0.0353. The summed E-state index contributed by atoms with van der Waals surface area (Å²) in [6.45, 7) is 8.64. The molecular formula is C15H27N5OS. The lowest BCUT2D eigenvalue weighted by Gasteiger charge is -2.35. The molecule has 0 radical (unpaired) electrons. The molecule has 1 N–H and O–H groups in total. The van der Waals surface area contributed by atoms with Gasteiger partial charge in [-0.05, 0) is 33.5 Å². The van der Waals surface area contributed by atoms with E-state index in [9.17, 15) is 4.79 Å². The molecule has 1 fully saturated rings. The molecule has 1 aliphatic rings. The zero-order valence-electron chi connectivity index (χ0n) is 14.2. The summed E-state index contributed by atoms with van der Waals surface area (Å²) in [5, 5.41) is 12.6. The second-order valence-corrected chi connectivity index (χ2v) is 8.18. The van der Waals surface area contributed by atoms with E-state index >= 15 is 0 Å². The third kappa shape index (κ3) is 4.72. The Kier molecular flexibility index (Phi) is 5.52. The van der Waals surface area contributed by atoms with Gasteiger partial charge in [0.05, 0.1) is 6.54 Å². The average molecular weight is 325 g/mol. The fourth-order valence-electron chi connectivity index (χ4n) is 2.53. The number of amides is 1. The quantitative estimate of drug-likeness (QED) is 0.915. The number of rotatable bonds is 4. The molecule has 0 aromatic carbocycles. The van der Waals surface area contributed by atoms with E-state index < -0.39 is 0 Å². The molecule has 2 heterocycles. The topological polar surface area (TPSA) is 61.4 Å². The molecule has 0 spiro atoms. The van der Waals surface area contributed by atoms with Crippen LogP contribution in [0.3, 0.4) is 0 Å². The summed E-state index contributed by atoms with van der Waals surface area (Å²) in [6, 6.07) is 0.538. The van der Waals surface area contributed by atoms with E-state index in [-0.39, 0.29) is 11.3 Å². The maximum atomic E-state index is 12.2. The van der Waals surface area contributed by atoms with E-state index in [2.05, 4.69) is 60.2 Å². The van der Waals surface area contributed by atoms with E-state index in [1.54, 1.807) is 0 Å². The van der Waals surface area contributed by atoms with Crippen molar-refractivity contribution in [3.05, 3.63) is 5.01 Å². The fraction of sp³-hybridized carbons (Fsp3) is 0.800. The van der Waals surface area contributed by atoms with Crippen molar-refractivity contribution in [2.75, 3.05) is 39.0 Å². The zero-order valence-corrected chi connectivity index (χ0v) is 15.0. The Balaban J connectivity index is 1.86. The molecule has 1 aromatic rings. The van der Waals surface area contributed by atoms with Crippen molar-refractivity contribution in [3.63, 3.8) is 0 Å². The first kappa shape index (κ1) is 17.3. The van der Waals surface area contributed by atoms with E-state index in [4.69, 9.17) is 0 Å². The van der Waals surface area contributed by atoms with Gasteiger partial charge >= 0.3 is 0 Å². The van der Waals surface area contributed by atoms with E-state index in [0.717, 1.165) is 24.5 Å². The Hall–Kier alpha value is -1.05. The highest BCUT2D eigenvalue weighted by molar-refractivity contribution is 7.15. The number of carbonyl (C=O) groups is 1. The van der Waals surface area contributed by atoms with Gasteiger partial charge in [-0.3, -0.25) is 15.0 Å². The fourth-order valence-corrected chi connectivity index (χ4v) is 3.35. The van der Waals surface area contributed by atoms with Gasteiger partial charge in [-0.15, -0.1) is 10.2 Å². The molecule has 7 heteroatoms. The van der Waals surface area contributed by atoms with Crippen LogP contribution >= 0.6 is 11.3 Å². The van der Waals surface area contributed by atoms with Gasteiger partial charge in [0.15, 0.2) is 0 Å². The number of anilines is 1. The molecule has 1 atom stereocenters. The van der Waals surface area contributed by atoms with Gasteiger partial charge in [0.25, 0.3) is 0 Å². The lowest BCUT2D eigenvalue weighted by Crippen LogP contribution is -2.47. The molecule has 1 unspecified atom stereocenters. The lowest BCUT2D eigenvalue weighted by molar-refractivity contribution is -0.117. The second-order valence-electron chi connectivity index (χ2n) is 7.21. The van der Waals surface area contributed by atoms with Crippen molar-refractivity contribution in [1.82, 2.24) is 20.0 Å². The van der Waals surface area contributed by atoms with Crippen molar-refractivity contribution < 1.29 is 4.79 Å². The summed E-state index contributed by atoms with van der Waals surface area (Å²) in [6.07, 6.45) is 2.35. The van der Waals surface area contributed by atoms with Crippen LogP contribution in [-0.4, -0.2) is 65.7 Å². The SMILES string of the molecule is CN(C)C1CCCN(CC(=O)Nc2nnc(C(C)(C)C)s2)C1. The van der Waals surface area contributed by atoms with Crippen LogP contribution in [0.25, 0.3) is 0 Å². The van der Waals surface area contributed by atoms with Crippen molar-refractivity contribution in [2.24, 2.45) is 0 Å². The maximum Gasteiger partial charge on any atom is 0.240 e. The van der Waals surface area contributed by atoms with Gasteiger partial charge in [0.2, 0.25) is 11.0 Å².